The van der Waals surface area contributed by atoms with E-state index in [1.807, 2.05) is 7.05 Å². The highest BCUT2D eigenvalue weighted by Crippen LogP contribution is 2.22. The van der Waals surface area contributed by atoms with Crippen LogP contribution in [-0.2, 0) is 9.53 Å². The number of hydrogen-bond donors (Lipinski definition) is 2. The van der Waals surface area contributed by atoms with Gasteiger partial charge in [-0.25, -0.2) is 0 Å². The van der Waals surface area contributed by atoms with E-state index in [0.717, 1.165) is 0 Å². The van der Waals surface area contributed by atoms with E-state index < -0.39 is 0 Å². The third-order valence-corrected chi connectivity index (χ3v) is 3.38. The lowest BCUT2D eigenvalue weighted by Gasteiger charge is -2.23. The molecular formula is C14H22ClN3O2. The van der Waals surface area contributed by atoms with Crippen LogP contribution >= 0.6 is 11.6 Å². The molecule has 0 heterocycles. The van der Waals surface area contributed by atoms with Crippen molar-refractivity contribution in [2.45, 2.75) is 19.4 Å². The maximum atomic E-state index is 11.9. The molecule has 1 aromatic carbocycles. The largest absolute Gasteiger partial charge is 0.397 e. The van der Waals surface area contributed by atoms with Crippen LogP contribution in [0.5, 0.6) is 0 Å². The normalized spacial score (nSPS) is 12.4. The molecule has 1 atom stereocenters. The second kappa shape index (κ2) is 8.09. The van der Waals surface area contributed by atoms with Crippen molar-refractivity contribution in [2.75, 3.05) is 38.4 Å². The molecule has 0 spiro atoms. The SMILES string of the molecule is COCC(C)N(C)CCC(=O)Nc1cc(Cl)ccc1N. The van der Waals surface area contributed by atoms with Gasteiger partial charge in [-0.3, -0.25) is 4.79 Å². The van der Waals surface area contributed by atoms with E-state index in [0.29, 0.717) is 36.0 Å². The summed E-state index contributed by atoms with van der Waals surface area (Å²) >= 11 is 5.88. The van der Waals surface area contributed by atoms with Gasteiger partial charge in [-0.05, 0) is 32.2 Å². The van der Waals surface area contributed by atoms with Crippen LogP contribution < -0.4 is 11.1 Å². The number of benzene rings is 1. The highest BCUT2D eigenvalue weighted by atomic mass is 35.5. The molecular weight excluding hydrogens is 278 g/mol. The Morgan fingerprint density at radius 2 is 2.25 bits per heavy atom. The Kier molecular flexibility index (Phi) is 6.78. The molecule has 0 aliphatic rings. The number of nitrogens with zero attached hydrogens (tertiary/aromatic N) is 1. The molecule has 0 aliphatic carbocycles. The number of anilines is 2. The summed E-state index contributed by atoms with van der Waals surface area (Å²) in [5.74, 6) is -0.0876. The van der Waals surface area contributed by atoms with Gasteiger partial charge in [0.15, 0.2) is 0 Å². The number of rotatable bonds is 7. The fourth-order valence-electron chi connectivity index (χ4n) is 1.72. The number of carbonyl (C=O) groups is 1. The summed E-state index contributed by atoms with van der Waals surface area (Å²) in [6.07, 6.45) is 0.385. The van der Waals surface area contributed by atoms with Crippen LogP contribution in [0.4, 0.5) is 11.4 Å². The van der Waals surface area contributed by atoms with Gasteiger partial charge in [-0.15, -0.1) is 0 Å². The number of methoxy groups -OCH3 is 1. The second-order valence-electron chi connectivity index (χ2n) is 4.81. The first-order valence-electron chi connectivity index (χ1n) is 6.48. The summed E-state index contributed by atoms with van der Waals surface area (Å²) in [4.78, 5) is 14.0. The first kappa shape index (κ1) is 16.8. The van der Waals surface area contributed by atoms with Gasteiger partial charge in [0, 0.05) is 31.1 Å². The number of hydrogen-bond acceptors (Lipinski definition) is 4. The summed E-state index contributed by atoms with van der Waals surface area (Å²) in [6, 6.07) is 5.27. The average molecular weight is 300 g/mol. The van der Waals surface area contributed by atoms with E-state index in [1.165, 1.54) is 0 Å². The molecule has 0 bridgehead atoms. The summed E-state index contributed by atoms with van der Waals surface area (Å²) < 4.78 is 5.08. The van der Waals surface area contributed by atoms with E-state index in [2.05, 4.69) is 17.1 Å². The number of nitrogens with two attached hydrogens (primary N) is 1. The van der Waals surface area contributed by atoms with Crippen LogP contribution in [0.1, 0.15) is 13.3 Å². The van der Waals surface area contributed by atoms with Crippen molar-refractivity contribution in [2.24, 2.45) is 0 Å². The van der Waals surface area contributed by atoms with E-state index in [-0.39, 0.29) is 11.9 Å². The zero-order valence-electron chi connectivity index (χ0n) is 12.1. The van der Waals surface area contributed by atoms with Crippen molar-refractivity contribution >= 4 is 28.9 Å². The molecule has 1 aromatic rings. The van der Waals surface area contributed by atoms with Crippen molar-refractivity contribution in [1.82, 2.24) is 4.90 Å². The minimum atomic E-state index is -0.0876. The molecule has 3 N–H and O–H groups in total. The summed E-state index contributed by atoms with van der Waals surface area (Å²) in [6.45, 7) is 3.34. The molecule has 1 unspecified atom stereocenters. The number of amides is 1. The number of ether oxygens (including phenoxy) is 1. The van der Waals surface area contributed by atoms with Gasteiger partial charge in [-0.2, -0.15) is 0 Å². The summed E-state index contributed by atoms with van der Waals surface area (Å²) in [5.41, 5.74) is 6.84. The van der Waals surface area contributed by atoms with Crippen molar-refractivity contribution in [3.63, 3.8) is 0 Å². The third kappa shape index (κ3) is 5.36. The molecule has 0 aromatic heterocycles. The van der Waals surface area contributed by atoms with Crippen LogP contribution in [0.15, 0.2) is 18.2 Å². The molecule has 0 aliphatic heterocycles. The maximum Gasteiger partial charge on any atom is 0.225 e. The number of nitrogen functional groups attached to an aromatic ring is 1. The monoisotopic (exact) mass is 299 g/mol. The molecule has 1 rings (SSSR count). The molecule has 1 amide bonds. The molecule has 0 saturated carbocycles. The number of nitrogens with one attached hydrogen (secondary N) is 1. The van der Waals surface area contributed by atoms with Gasteiger partial charge < -0.3 is 20.7 Å². The lowest BCUT2D eigenvalue weighted by atomic mass is 10.2. The summed E-state index contributed by atoms with van der Waals surface area (Å²) in [7, 11) is 3.63. The Labute approximate surface area is 125 Å². The van der Waals surface area contributed by atoms with Crippen molar-refractivity contribution in [3.05, 3.63) is 23.2 Å². The zero-order valence-corrected chi connectivity index (χ0v) is 12.9. The molecule has 0 fully saturated rings. The van der Waals surface area contributed by atoms with Crippen LogP contribution in [0.25, 0.3) is 0 Å². The predicted octanol–water partition coefficient (Wildman–Crippen LogP) is 2.22. The quantitative estimate of drug-likeness (QED) is 0.758. The van der Waals surface area contributed by atoms with Crippen LogP contribution in [-0.4, -0.2) is 44.2 Å². The molecule has 6 heteroatoms. The van der Waals surface area contributed by atoms with Crippen molar-refractivity contribution < 1.29 is 9.53 Å². The highest BCUT2D eigenvalue weighted by molar-refractivity contribution is 6.31. The number of halogens is 1. The molecule has 0 radical (unpaired) electrons. The van der Waals surface area contributed by atoms with E-state index in [1.54, 1.807) is 25.3 Å². The molecule has 5 nitrogen and oxygen atoms in total. The first-order chi connectivity index (χ1) is 9.43. The summed E-state index contributed by atoms with van der Waals surface area (Å²) in [5, 5.41) is 3.31. The smallest absolute Gasteiger partial charge is 0.225 e. The average Bonchev–Trinajstić information content (AvgIpc) is 2.40. The Hall–Kier alpha value is -1.30. The lowest BCUT2D eigenvalue weighted by molar-refractivity contribution is -0.116. The Morgan fingerprint density at radius 1 is 1.55 bits per heavy atom. The minimum absolute atomic E-state index is 0.0876. The van der Waals surface area contributed by atoms with Crippen molar-refractivity contribution in [1.29, 1.82) is 0 Å². The number of likely N-dealkylation sites (N-methyl/N-ethyl adjacent to an activating group) is 1. The standard InChI is InChI=1S/C14H22ClN3O2/c1-10(9-20-3)18(2)7-6-14(19)17-13-8-11(15)4-5-12(13)16/h4-5,8,10H,6-7,9,16H2,1-3H3,(H,17,19). The van der Waals surface area contributed by atoms with Crippen molar-refractivity contribution in [3.8, 4) is 0 Å². The topological polar surface area (TPSA) is 67.6 Å². The second-order valence-corrected chi connectivity index (χ2v) is 5.25. The van der Waals surface area contributed by atoms with Crippen LogP contribution in [0, 0.1) is 0 Å². The fourth-order valence-corrected chi connectivity index (χ4v) is 1.89. The molecule has 0 saturated heterocycles. The molecule has 20 heavy (non-hydrogen) atoms. The Bertz CT molecular complexity index is 454. The lowest BCUT2D eigenvalue weighted by Crippen LogP contribution is -2.35. The maximum absolute atomic E-state index is 11.9. The molecule has 112 valence electrons. The van der Waals surface area contributed by atoms with Gasteiger partial charge >= 0.3 is 0 Å². The fraction of sp³-hybridized carbons (Fsp3) is 0.500. The van der Waals surface area contributed by atoms with Gasteiger partial charge in [-0.1, -0.05) is 11.6 Å². The van der Waals surface area contributed by atoms with Crippen LogP contribution in [0.2, 0.25) is 5.02 Å². The van der Waals surface area contributed by atoms with Gasteiger partial charge in [0.2, 0.25) is 5.91 Å². The van der Waals surface area contributed by atoms with Crippen LogP contribution in [0.3, 0.4) is 0 Å². The minimum Gasteiger partial charge on any atom is -0.397 e. The first-order valence-corrected chi connectivity index (χ1v) is 6.86. The predicted molar refractivity (Wildman–Crippen MR) is 83.1 cm³/mol. The van der Waals surface area contributed by atoms with Gasteiger partial charge in [0.05, 0.1) is 18.0 Å². The Balaban J connectivity index is 2.46. The zero-order chi connectivity index (χ0) is 15.1. The van der Waals surface area contributed by atoms with Gasteiger partial charge in [0.1, 0.15) is 0 Å². The third-order valence-electron chi connectivity index (χ3n) is 3.14. The van der Waals surface area contributed by atoms with E-state index in [4.69, 9.17) is 22.1 Å². The van der Waals surface area contributed by atoms with Gasteiger partial charge in [0.25, 0.3) is 0 Å². The van der Waals surface area contributed by atoms with E-state index >= 15 is 0 Å². The van der Waals surface area contributed by atoms with E-state index in [9.17, 15) is 4.79 Å². The number of carbonyl (C=O) groups excluding carboxylic acids is 1. The Morgan fingerprint density at radius 3 is 2.90 bits per heavy atom. The highest BCUT2D eigenvalue weighted by Gasteiger charge is 2.11.